The van der Waals surface area contributed by atoms with Crippen molar-refractivity contribution >= 4 is 44.8 Å². The maximum atomic E-state index is 12.9. The molecule has 10 heteroatoms. The molecule has 0 spiro atoms. The van der Waals surface area contributed by atoms with Crippen LogP contribution < -0.4 is 5.32 Å². The minimum atomic E-state index is -3.61. The zero-order valence-electron chi connectivity index (χ0n) is 19.3. The average Bonchev–Trinajstić information content (AvgIpc) is 3.15. The molecule has 1 amide bonds. The van der Waals surface area contributed by atoms with E-state index in [1.165, 1.54) is 11.8 Å². The van der Waals surface area contributed by atoms with Gasteiger partial charge in [-0.25, -0.2) is 8.42 Å². The Hall–Kier alpha value is -2.62. The molecule has 0 fully saturated rings. The Morgan fingerprint density at radius 1 is 1.21 bits per heavy atom. The molecule has 1 N–H and O–H groups in total. The number of halogens is 1. The van der Waals surface area contributed by atoms with Crippen LogP contribution >= 0.6 is 23.4 Å². The number of amides is 1. The molecular weight excluding hydrogens is 492 g/mol. The van der Waals surface area contributed by atoms with Gasteiger partial charge < -0.3 is 9.88 Å². The summed E-state index contributed by atoms with van der Waals surface area (Å²) in [6.07, 6.45) is 2.18. The number of carbonyl (C=O) groups excluding carboxylic acids is 1. The molecule has 1 heterocycles. The number of benzene rings is 2. The Labute approximate surface area is 209 Å². The van der Waals surface area contributed by atoms with E-state index in [1.54, 1.807) is 47.0 Å². The summed E-state index contributed by atoms with van der Waals surface area (Å²) >= 11 is 7.40. The Morgan fingerprint density at radius 3 is 2.53 bits per heavy atom. The summed E-state index contributed by atoms with van der Waals surface area (Å²) in [6, 6.07) is 12.0. The van der Waals surface area contributed by atoms with Crippen LogP contribution in [0.5, 0.6) is 0 Å². The third-order valence-corrected chi connectivity index (χ3v) is 8.54. The first kappa shape index (κ1) is 26.0. The molecule has 180 valence electrons. The van der Waals surface area contributed by atoms with Crippen LogP contribution in [-0.2, 0) is 26.9 Å². The summed E-state index contributed by atoms with van der Waals surface area (Å²) in [6.45, 7) is 9.77. The predicted octanol–water partition coefficient (Wildman–Crippen LogP) is 5.22. The lowest BCUT2D eigenvalue weighted by Gasteiger charge is -2.15. The van der Waals surface area contributed by atoms with Crippen molar-refractivity contribution in [1.29, 1.82) is 0 Å². The number of hydrogen-bond donors (Lipinski definition) is 1. The largest absolute Gasteiger partial charge is 0.325 e. The van der Waals surface area contributed by atoms with Crippen molar-refractivity contribution < 1.29 is 13.2 Å². The molecule has 1 atom stereocenters. The van der Waals surface area contributed by atoms with E-state index in [-0.39, 0.29) is 16.6 Å². The van der Waals surface area contributed by atoms with Crippen molar-refractivity contribution in [3.63, 3.8) is 0 Å². The van der Waals surface area contributed by atoms with Gasteiger partial charge in [-0.1, -0.05) is 60.1 Å². The third-order valence-electron chi connectivity index (χ3n) is 5.15. The van der Waals surface area contributed by atoms with Crippen molar-refractivity contribution in [3.8, 4) is 0 Å². The van der Waals surface area contributed by atoms with Gasteiger partial charge in [0.2, 0.25) is 5.91 Å². The van der Waals surface area contributed by atoms with Crippen molar-refractivity contribution in [1.82, 2.24) is 14.8 Å². The van der Waals surface area contributed by atoms with Crippen LogP contribution in [-0.4, -0.2) is 34.3 Å². The van der Waals surface area contributed by atoms with Gasteiger partial charge in [-0.05, 0) is 50.1 Å². The first-order chi connectivity index (χ1) is 16.1. The molecule has 1 aromatic heterocycles. The lowest BCUT2D eigenvalue weighted by Crippen LogP contribution is -2.25. The van der Waals surface area contributed by atoms with Gasteiger partial charge in [-0.3, -0.25) is 4.79 Å². The highest BCUT2D eigenvalue weighted by atomic mass is 35.5. The molecule has 0 saturated carbocycles. The van der Waals surface area contributed by atoms with Crippen LogP contribution in [0.3, 0.4) is 0 Å². The van der Waals surface area contributed by atoms with Gasteiger partial charge in [0.1, 0.15) is 11.6 Å². The van der Waals surface area contributed by atoms with Crippen molar-refractivity contribution in [2.75, 3.05) is 5.32 Å². The second-order valence-electron chi connectivity index (χ2n) is 7.84. The van der Waals surface area contributed by atoms with E-state index in [9.17, 15) is 13.2 Å². The Bertz CT molecular complexity index is 1290. The van der Waals surface area contributed by atoms with Crippen LogP contribution in [0.1, 0.15) is 30.3 Å². The first-order valence-electron chi connectivity index (χ1n) is 10.7. The summed E-state index contributed by atoms with van der Waals surface area (Å²) < 4.78 is 27.5. The topological polar surface area (TPSA) is 93.9 Å². The normalized spacial score (nSPS) is 12.4. The molecule has 0 saturated heterocycles. The first-order valence-corrected chi connectivity index (χ1v) is 13.6. The molecule has 0 radical (unpaired) electrons. The highest BCUT2D eigenvalue weighted by Gasteiger charge is 2.25. The number of thioether (sulfide) groups is 1. The van der Waals surface area contributed by atoms with E-state index < -0.39 is 15.1 Å². The smallest absolute Gasteiger partial charge is 0.237 e. The van der Waals surface area contributed by atoms with Gasteiger partial charge in [0.15, 0.2) is 15.0 Å². The second kappa shape index (κ2) is 11.2. The third kappa shape index (κ3) is 6.28. The number of sulfone groups is 1. The van der Waals surface area contributed by atoms with Gasteiger partial charge in [0.05, 0.1) is 10.1 Å². The number of anilines is 1. The van der Waals surface area contributed by atoms with Gasteiger partial charge in [0, 0.05) is 17.3 Å². The van der Waals surface area contributed by atoms with Gasteiger partial charge in [-0.2, -0.15) is 0 Å². The number of nitrogens with one attached hydrogen (secondary N) is 1. The monoisotopic (exact) mass is 518 g/mol. The minimum Gasteiger partial charge on any atom is -0.325 e. The molecule has 34 heavy (non-hydrogen) atoms. The summed E-state index contributed by atoms with van der Waals surface area (Å²) in [5, 5.41) is 11.8. The van der Waals surface area contributed by atoms with Crippen LogP contribution in [0.25, 0.3) is 0 Å². The second-order valence-corrected chi connectivity index (χ2v) is 11.4. The van der Waals surface area contributed by atoms with Crippen LogP contribution in [0.4, 0.5) is 5.69 Å². The van der Waals surface area contributed by atoms with E-state index >= 15 is 0 Å². The van der Waals surface area contributed by atoms with E-state index in [0.717, 1.165) is 11.1 Å². The summed E-state index contributed by atoms with van der Waals surface area (Å²) in [5.74, 6) is -0.208. The summed E-state index contributed by atoms with van der Waals surface area (Å²) in [7, 11) is -3.61. The average molecular weight is 519 g/mol. The van der Waals surface area contributed by atoms with Crippen molar-refractivity contribution in [2.24, 2.45) is 0 Å². The van der Waals surface area contributed by atoms with Crippen molar-refractivity contribution in [2.45, 2.75) is 54.8 Å². The fourth-order valence-electron chi connectivity index (χ4n) is 3.17. The number of carbonyl (C=O) groups is 1. The van der Waals surface area contributed by atoms with E-state index in [4.69, 9.17) is 11.6 Å². The highest BCUT2D eigenvalue weighted by molar-refractivity contribution is 8.00. The van der Waals surface area contributed by atoms with Crippen molar-refractivity contribution in [3.05, 3.63) is 77.1 Å². The summed E-state index contributed by atoms with van der Waals surface area (Å²) in [4.78, 5) is 13.1. The molecule has 0 aliphatic carbocycles. The lowest BCUT2D eigenvalue weighted by molar-refractivity contribution is -0.115. The molecule has 1 unspecified atom stereocenters. The van der Waals surface area contributed by atoms with Crippen LogP contribution in [0.2, 0.25) is 5.02 Å². The van der Waals surface area contributed by atoms with Crippen LogP contribution in [0.15, 0.2) is 65.2 Å². The maximum Gasteiger partial charge on any atom is 0.237 e. The van der Waals surface area contributed by atoms with Crippen LogP contribution in [0, 0.1) is 13.8 Å². The van der Waals surface area contributed by atoms with Gasteiger partial charge in [0.25, 0.3) is 0 Å². The minimum absolute atomic E-state index is 0.200. The predicted molar refractivity (Wildman–Crippen MR) is 137 cm³/mol. The Morgan fingerprint density at radius 2 is 1.91 bits per heavy atom. The Kier molecular flexibility index (Phi) is 8.57. The fraction of sp³-hybridized carbons (Fsp3) is 0.292. The number of rotatable bonds is 10. The van der Waals surface area contributed by atoms with Gasteiger partial charge in [-0.15, -0.1) is 16.8 Å². The number of allylic oxidation sites excluding steroid dienone is 1. The Balaban J connectivity index is 1.80. The molecular formula is C24H27ClN4O3S2. The zero-order chi connectivity index (χ0) is 24.9. The quantitative estimate of drug-likeness (QED) is 0.292. The number of aromatic nitrogens is 3. The molecule has 0 aliphatic rings. The SMILES string of the molecule is C=CCn1c(CS(=O)(=O)c2ccc(C)cc2)nnc1SC(CC)C(=O)Nc1ccc(C)c(Cl)c1. The number of nitrogens with zero attached hydrogens (tertiary/aromatic N) is 3. The summed E-state index contributed by atoms with van der Waals surface area (Å²) in [5.41, 5.74) is 2.51. The zero-order valence-corrected chi connectivity index (χ0v) is 21.7. The van der Waals surface area contributed by atoms with Gasteiger partial charge >= 0.3 is 0 Å². The lowest BCUT2D eigenvalue weighted by atomic mass is 10.2. The maximum absolute atomic E-state index is 12.9. The molecule has 0 aliphatic heterocycles. The fourth-order valence-corrected chi connectivity index (χ4v) is 5.60. The number of hydrogen-bond acceptors (Lipinski definition) is 6. The van der Waals surface area contributed by atoms with E-state index in [1.807, 2.05) is 26.8 Å². The van der Waals surface area contributed by atoms with E-state index in [2.05, 4.69) is 22.1 Å². The molecule has 3 aromatic rings. The molecule has 0 bridgehead atoms. The molecule has 2 aromatic carbocycles. The number of aryl methyl sites for hydroxylation is 2. The standard InChI is InChI=1S/C24H27ClN4O3S2/c1-5-13-29-22(15-34(31,32)19-11-7-16(3)8-12-19)27-28-24(29)33-21(6-2)23(30)26-18-10-9-17(4)20(25)14-18/h5,7-12,14,21H,1,6,13,15H2,2-4H3,(H,26,30). The molecule has 3 rings (SSSR count). The van der Waals surface area contributed by atoms with E-state index in [0.29, 0.717) is 34.7 Å². The highest BCUT2D eigenvalue weighted by Crippen LogP contribution is 2.28. The molecule has 7 nitrogen and oxygen atoms in total.